The molecule has 1 atom stereocenters. The summed E-state index contributed by atoms with van der Waals surface area (Å²) in [6, 6.07) is 7.58. The molecule has 1 aromatic carbocycles. The van der Waals surface area contributed by atoms with Crippen LogP contribution in [0.4, 0.5) is 5.69 Å². The first-order valence-electron chi connectivity index (χ1n) is 7.52. The van der Waals surface area contributed by atoms with Gasteiger partial charge in [-0.2, -0.15) is 0 Å². The monoisotopic (exact) mass is 292 g/mol. The van der Waals surface area contributed by atoms with Crippen molar-refractivity contribution in [2.24, 2.45) is 5.41 Å². The average molecular weight is 292 g/mol. The molecular formula is C16H24N2O3. The van der Waals surface area contributed by atoms with E-state index < -0.39 is 6.10 Å². The Labute approximate surface area is 125 Å². The number of hydrogen-bond acceptors (Lipinski definition) is 4. The maximum atomic E-state index is 12.2. The molecule has 1 heterocycles. The number of rotatable bonds is 6. The van der Waals surface area contributed by atoms with Crippen molar-refractivity contribution in [3.63, 3.8) is 0 Å². The summed E-state index contributed by atoms with van der Waals surface area (Å²) in [5.74, 6) is 0.556. The predicted molar refractivity (Wildman–Crippen MR) is 82.5 cm³/mol. The lowest BCUT2D eigenvalue weighted by atomic mass is 9.83. The highest BCUT2D eigenvalue weighted by Crippen LogP contribution is 2.28. The summed E-state index contributed by atoms with van der Waals surface area (Å²) in [4.78, 5) is 12.2. The molecule has 1 amide bonds. The topological polar surface area (TPSA) is 70.6 Å². The number of ether oxygens (including phenoxy) is 1. The van der Waals surface area contributed by atoms with Crippen LogP contribution in [0, 0.1) is 5.41 Å². The Balaban J connectivity index is 1.93. The molecule has 0 bridgehead atoms. The Kier molecular flexibility index (Phi) is 5.07. The van der Waals surface area contributed by atoms with Crippen LogP contribution in [0.3, 0.4) is 0 Å². The largest absolute Gasteiger partial charge is 0.477 e. The third kappa shape index (κ3) is 3.47. The molecule has 0 spiro atoms. The molecule has 2 rings (SSSR count). The molecule has 116 valence electrons. The third-order valence-electron chi connectivity index (χ3n) is 4.40. The number of anilines is 1. The highest BCUT2D eigenvalue weighted by atomic mass is 16.5. The van der Waals surface area contributed by atoms with Gasteiger partial charge in [-0.25, -0.2) is 0 Å². The molecule has 1 aliphatic rings. The van der Waals surface area contributed by atoms with Crippen molar-refractivity contribution in [1.29, 1.82) is 0 Å². The lowest BCUT2D eigenvalue weighted by Gasteiger charge is -2.31. The number of fused-ring (bicyclic) bond motifs is 1. The van der Waals surface area contributed by atoms with Crippen molar-refractivity contribution in [3.8, 4) is 5.75 Å². The van der Waals surface area contributed by atoms with E-state index in [1.54, 1.807) is 0 Å². The lowest BCUT2D eigenvalue weighted by Crippen LogP contribution is -2.48. The van der Waals surface area contributed by atoms with Gasteiger partial charge in [-0.1, -0.05) is 26.0 Å². The molecule has 0 aliphatic carbocycles. The van der Waals surface area contributed by atoms with Crippen LogP contribution in [0.5, 0.6) is 5.75 Å². The SMILES string of the molecule is CCC(CC)(CO)CNC(=O)C1CNc2ccccc2O1. The minimum atomic E-state index is -0.537. The van der Waals surface area contributed by atoms with E-state index in [0.717, 1.165) is 18.5 Å². The summed E-state index contributed by atoms with van der Waals surface area (Å²) < 4.78 is 5.72. The minimum absolute atomic E-state index is 0.0763. The molecule has 0 saturated carbocycles. The van der Waals surface area contributed by atoms with Crippen molar-refractivity contribution < 1.29 is 14.6 Å². The molecular weight excluding hydrogens is 268 g/mol. The fourth-order valence-electron chi connectivity index (χ4n) is 2.43. The fraction of sp³-hybridized carbons (Fsp3) is 0.562. The van der Waals surface area contributed by atoms with Gasteiger partial charge in [0.1, 0.15) is 5.75 Å². The predicted octanol–water partition coefficient (Wildman–Crippen LogP) is 1.77. The van der Waals surface area contributed by atoms with Gasteiger partial charge in [-0.3, -0.25) is 4.79 Å². The Morgan fingerprint density at radius 2 is 2.14 bits per heavy atom. The Bertz CT molecular complexity index is 478. The van der Waals surface area contributed by atoms with Crippen LogP contribution in [0.2, 0.25) is 0 Å². The quantitative estimate of drug-likeness (QED) is 0.747. The minimum Gasteiger partial charge on any atom is -0.477 e. The second-order valence-corrected chi connectivity index (χ2v) is 5.57. The van der Waals surface area contributed by atoms with Crippen LogP contribution in [0.15, 0.2) is 24.3 Å². The number of aliphatic hydroxyl groups excluding tert-OH is 1. The Morgan fingerprint density at radius 1 is 1.43 bits per heavy atom. The van der Waals surface area contributed by atoms with Crippen molar-refractivity contribution in [2.75, 3.05) is 25.0 Å². The fourth-order valence-corrected chi connectivity index (χ4v) is 2.43. The number of aliphatic hydroxyl groups is 1. The number of nitrogens with one attached hydrogen (secondary N) is 2. The van der Waals surface area contributed by atoms with Crippen LogP contribution < -0.4 is 15.4 Å². The number of benzene rings is 1. The zero-order chi connectivity index (χ0) is 15.3. The van der Waals surface area contributed by atoms with Crippen LogP contribution in [0.25, 0.3) is 0 Å². The summed E-state index contributed by atoms with van der Waals surface area (Å²) in [6.45, 7) is 5.05. The van der Waals surface area contributed by atoms with Crippen LogP contribution >= 0.6 is 0 Å². The van der Waals surface area contributed by atoms with Crippen molar-refractivity contribution in [2.45, 2.75) is 32.8 Å². The van der Waals surface area contributed by atoms with Gasteiger partial charge in [-0.05, 0) is 25.0 Å². The van der Waals surface area contributed by atoms with Gasteiger partial charge in [0, 0.05) is 12.0 Å². The maximum absolute atomic E-state index is 12.2. The second-order valence-electron chi connectivity index (χ2n) is 5.57. The molecule has 5 nitrogen and oxygen atoms in total. The zero-order valence-corrected chi connectivity index (χ0v) is 12.7. The molecule has 5 heteroatoms. The second kappa shape index (κ2) is 6.80. The highest BCUT2D eigenvalue weighted by Gasteiger charge is 2.30. The summed E-state index contributed by atoms with van der Waals surface area (Å²) in [5.41, 5.74) is 0.670. The van der Waals surface area contributed by atoms with E-state index >= 15 is 0 Å². The van der Waals surface area contributed by atoms with E-state index in [4.69, 9.17) is 4.74 Å². The van der Waals surface area contributed by atoms with Crippen LogP contribution in [-0.2, 0) is 4.79 Å². The van der Waals surface area contributed by atoms with E-state index in [1.165, 1.54) is 0 Å². The van der Waals surface area contributed by atoms with Gasteiger partial charge in [0.2, 0.25) is 0 Å². The van der Waals surface area contributed by atoms with Crippen LogP contribution in [0.1, 0.15) is 26.7 Å². The Morgan fingerprint density at radius 3 is 2.81 bits per heavy atom. The smallest absolute Gasteiger partial charge is 0.262 e. The standard InChI is InChI=1S/C16H24N2O3/c1-3-16(4-2,11-19)10-18-15(20)14-9-17-12-7-5-6-8-13(12)21-14/h5-8,14,17,19H,3-4,9-11H2,1-2H3,(H,18,20). The van der Waals surface area contributed by atoms with Gasteiger partial charge in [0.05, 0.1) is 18.8 Å². The maximum Gasteiger partial charge on any atom is 0.262 e. The number of carbonyl (C=O) groups is 1. The number of para-hydroxylation sites is 2. The molecule has 3 N–H and O–H groups in total. The molecule has 0 radical (unpaired) electrons. The Hall–Kier alpha value is -1.75. The molecule has 0 saturated heterocycles. The normalized spacial score (nSPS) is 17.4. The van der Waals surface area contributed by atoms with Gasteiger partial charge < -0.3 is 20.5 Å². The molecule has 21 heavy (non-hydrogen) atoms. The highest BCUT2D eigenvalue weighted by molar-refractivity contribution is 5.83. The first kappa shape index (κ1) is 15.6. The van der Waals surface area contributed by atoms with Gasteiger partial charge >= 0.3 is 0 Å². The van der Waals surface area contributed by atoms with Crippen molar-refractivity contribution >= 4 is 11.6 Å². The third-order valence-corrected chi connectivity index (χ3v) is 4.40. The first-order valence-corrected chi connectivity index (χ1v) is 7.52. The van der Waals surface area contributed by atoms with E-state index in [9.17, 15) is 9.90 Å². The summed E-state index contributed by atoms with van der Waals surface area (Å²) in [7, 11) is 0. The van der Waals surface area contributed by atoms with E-state index in [1.807, 2.05) is 38.1 Å². The molecule has 0 aromatic heterocycles. The van der Waals surface area contributed by atoms with Gasteiger partial charge in [0.25, 0.3) is 5.91 Å². The number of amides is 1. The van der Waals surface area contributed by atoms with Gasteiger partial charge in [0.15, 0.2) is 6.10 Å². The summed E-state index contributed by atoms with van der Waals surface area (Å²) >= 11 is 0. The lowest BCUT2D eigenvalue weighted by molar-refractivity contribution is -0.128. The van der Waals surface area contributed by atoms with Gasteiger partial charge in [-0.15, -0.1) is 0 Å². The van der Waals surface area contributed by atoms with Crippen molar-refractivity contribution in [3.05, 3.63) is 24.3 Å². The zero-order valence-electron chi connectivity index (χ0n) is 12.7. The molecule has 1 unspecified atom stereocenters. The molecule has 1 aromatic rings. The van der Waals surface area contributed by atoms with E-state index in [0.29, 0.717) is 18.8 Å². The first-order chi connectivity index (χ1) is 10.1. The number of carbonyl (C=O) groups excluding carboxylic acids is 1. The van der Waals surface area contributed by atoms with Crippen molar-refractivity contribution in [1.82, 2.24) is 5.32 Å². The summed E-state index contributed by atoms with van der Waals surface area (Å²) in [6.07, 6.45) is 1.12. The molecule has 0 fully saturated rings. The summed E-state index contributed by atoms with van der Waals surface area (Å²) in [5, 5.41) is 15.6. The van der Waals surface area contributed by atoms with E-state index in [-0.39, 0.29) is 17.9 Å². The molecule has 1 aliphatic heterocycles. The average Bonchev–Trinajstić information content (AvgIpc) is 2.56. The van der Waals surface area contributed by atoms with E-state index in [2.05, 4.69) is 10.6 Å². The van der Waals surface area contributed by atoms with Crippen LogP contribution in [-0.4, -0.2) is 36.8 Å². The number of hydrogen-bond donors (Lipinski definition) is 3.